The Balaban J connectivity index is 1.75. The average molecular weight is 527 g/mol. The molecule has 0 spiro atoms. The van der Waals surface area contributed by atoms with E-state index in [2.05, 4.69) is 107 Å². The second-order valence-electron chi connectivity index (χ2n) is 7.09. The van der Waals surface area contributed by atoms with Gasteiger partial charge in [0.05, 0.1) is 0 Å². The summed E-state index contributed by atoms with van der Waals surface area (Å²) in [6.45, 7) is 0. The van der Waals surface area contributed by atoms with Gasteiger partial charge in [-0.1, -0.05) is 0 Å². The van der Waals surface area contributed by atoms with Crippen molar-refractivity contribution in [2.45, 2.75) is 5.16 Å². The Bertz CT molecular complexity index is 1150. The van der Waals surface area contributed by atoms with E-state index in [-0.39, 0.29) is 0 Å². The Hall–Kier alpha value is -2.90. The maximum atomic E-state index is 4.47. The third-order valence-corrected chi connectivity index (χ3v) is 24.7. The van der Waals surface area contributed by atoms with Crippen LogP contribution in [0.3, 0.4) is 0 Å². The van der Waals surface area contributed by atoms with E-state index in [1.54, 1.807) is 0 Å². The van der Waals surface area contributed by atoms with Crippen molar-refractivity contribution in [1.82, 2.24) is 20.2 Å². The normalized spacial score (nSPS) is 11.4. The molecule has 1 heterocycles. The molecule has 0 amide bonds. The van der Waals surface area contributed by atoms with Gasteiger partial charge in [0.1, 0.15) is 0 Å². The Kier molecular flexibility index (Phi) is 5.86. The number of nitrogens with zero attached hydrogens (tertiary/aromatic N) is 4. The van der Waals surface area contributed by atoms with E-state index < -0.39 is 17.0 Å². The van der Waals surface area contributed by atoms with Gasteiger partial charge in [-0.3, -0.25) is 0 Å². The molecule has 0 unspecified atom stereocenters. The van der Waals surface area contributed by atoms with Gasteiger partial charge in [-0.05, 0) is 0 Å². The fourth-order valence-electron chi connectivity index (χ4n) is 3.81. The molecule has 0 radical (unpaired) electrons. The third kappa shape index (κ3) is 3.91. The Morgan fingerprint density at radius 2 is 0.968 bits per heavy atom. The summed E-state index contributed by atoms with van der Waals surface area (Å²) in [6, 6.07) is 42.7. The summed E-state index contributed by atoms with van der Waals surface area (Å²) in [4.78, 5) is 0. The number of para-hydroxylation sites is 1. The molecule has 0 aliphatic rings. The first-order valence-electron chi connectivity index (χ1n) is 10.1. The summed E-state index contributed by atoms with van der Waals surface area (Å²) in [5.74, 6) is 0. The number of tetrazole rings is 1. The number of aromatic nitrogens is 4. The van der Waals surface area contributed by atoms with E-state index in [1.165, 1.54) is 10.7 Å². The van der Waals surface area contributed by atoms with E-state index in [9.17, 15) is 0 Å². The molecule has 4 nitrogen and oxygen atoms in total. The first-order valence-corrected chi connectivity index (χ1v) is 18.7. The van der Waals surface area contributed by atoms with Gasteiger partial charge in [0.2, 0.25) is 0 Å². The van der Waals surface area contributed by atoms with Crippen LogP contribution in [0, 0.1) is 0 Å². The van der Waals surface area contributed by atoms with Crippen LogP contribution in [0.5, 0.6) is 0 Å². The van der Waals surface area contributed by atoms with Crippen molar-refractivity contribution >= 4 is 36.7 Å². The van der Waals surface area contributed by atoms with Gasteiger partial charge in [-0.25, -0.2) is 0 Å². The van der Waals surface area contributed by atoms with Crippen molar-refractivity contribution in [3.05, 3.63) is 121 Å². The maximum absolute atomic E-state index is 4.47. The van der Waals surface area contributed by atoms with Crippen LogP contribution in [-0.4, -0.2) is 37.2 Å². The molecule has 0 N–H and O–H groups in total. The minimum atomic E-state index is -3.57. The van der Waals surface area contributed by atoms with Crippen LogP contribution in [0.25, 0.3) is 5.69 Å². The van der Waals surface area contributed by atoms with Gasteiger partial charge in [0, 0.05) is 0 Å². The minimum absolute atomic E-state index is 0.818. The van der Waals surface area contributed by atoms with Crippen molar-refractivity contribution in [2.24, 2.45) is 0 Å². The first kappa shape index (κ1) is 20.0. The molecule has 4 aromatic carbocycles. The quantitative estimate of drug-likeness (QED) is 0.318. The molecular formula is C25H20N4SSn. The van der Waals surface area contributed by atoms with Gasteiger partial charge in [-0.15, -0.1) is 0 Å². The molecule has 0 aliphatic carbocycles. The van der Waals surface area contributed by atoms with Gasteiger partial charge in [0.25, 0.3) is 0 Å². The molecule has 1 aromatic heterocycles. The van der Waals surface area contributed by atoms with E-state index in [0.717, 1.165) is 10.8 Å². The summed E-state index contributed by atoms with van der Waals surface area (Å²) in [6.07, 6.45) is 0. The molecule has 31 heavy (non-hydrogen) atoms. The molecule has 150 valence electrons. The monoisotopic (exact) mass is 528 g/mol. The zero-order chi connectivity index (χ0) is 20.9. The van der Waals surface area contributed by atoms with Crippen LogP contribution < -0.4 is 10.7 Å². The van der Waals surface area contributed by atoms with Crippen LogP contribution in [0.15, 0.2) is 126 Å². The van der Waals surface area contributed by atoms with Crippen LogP contribution in [0.1, 0.15) is 0 Å². The van der Waals surface area contributed by atoms with Crippen molar-refractivity contribution in [2.75, 3.05) is 0 Å². The average Bonchev–Trinajstić information content (AvgIpc) is 3.33. The number of hydrogen-bond donors (Lipinski definition) is 0. The zero-order valence-corrected chi connectivity index (χ0v) is 20.4. The molecule has 0 saturated carbocycles. The van der Waals surface area contributed by atoms with Gasteiger partial charge >= 0.3 is 189 Å². The van der Waals surface area contributed by atoms with Crippen LogP contribution >= 0.6 is 8.95 Å². The van der Waals surface area contributed by atoms with Crippen molar-refractivity contribution in [3.63, 3.8) is 0 Å². The summed E-state index contributed by atoms with van der Waals surface area (Å²) < 4.78 is 5.98. The topological polar surface area (TPSA) is 43.6 Å². The molecule has 5 aromatic rings. The molecular weight excluding hydrogens is 507 g/mol. The summed E-state index contributed by atoms with van der Waals surface area (Å²) in [5.41, 5.74) is 0.962. The fourth-order valence-corrected chi connectivity index (χ4v) is 22.5. The standard InChI is InChI=1S/C7H6N4S.3C6H5.Sn/c12-7-8-9-10-11(7)6-4-2-1-3-5-6;3*1-2-4-6-5-3-1;/h1-5H,(H,8,10,12);3*1-5H;/q;;;;+1/p-1. The SMILES string of the molecule is c1ccc(-n2nnnc2[S][Sn]([c]2ccccc2)([c]2ccccc2)[c]2ccccc2)cc1. The Labute approximate surface area is 188 Å². The summed E-state index contributed by atoms with van der Waals surface area (Å²) >= 11 is -3.57. The van der Waals surface area contributed by atoms with Crippen molar-refractivity contribution in [1.29, 1.82) is 0 Å². The predicted octanol–water partition coefficient (Wildman–Crippen LogP) is 3.42. The van der Waals surface area contributed by atoms with Crippen LogP contribution in [-0.2, 0) is 0 Å². The molecule has 0 saturated heterocycles. The van der Waals surface area contributed by atoms with Crippen LogP contribution in [0.2, 0.25) is 0 Å². The van der Waals surface area contributed by atoms with Crippen LogP contribution in [0.4, 0.5) is 0 Å². The second-order valence-corrected chi connectivity index (χ2v) is 22.3. The molecule has 0 aliphatic heterocycles. The first-order chi connectivity index (χ1) is 15.4. The zero-order valence-electron chi connectivity index (χ0n) is 16.7. The third-order valence-electron chi connectivity index (χ3n) is 5.23. The van der Waals surface area contributed by atoms with E-state index in [4.69, 9.17) is 0 Å². The Morgan fingerprint density at radius 3 is 1.42 bits per heavy atom. The van der Waals surface area contributed by atoms with Gasteiger partial charge in [0.15, 0.2) is 0 Å². The Morgan fingerprint density at radius 1 is 0.548 bits per heavy atom. The van der Waals surface area contributed by atoms with E-state index in [0.29, 0.717) is 0 Å². The summed E-state index contributed by atoms with van der Waals surface area (Å²) in [7, 11) is 1.86. The van der Waals surface area contributed by atoms with E-state index in [1.807, 2.05) is 44.0 Å². The second kappa shape index (κ2) is 9.08. The van der Waals surface area contributed by atoms with Gasteiger partial charge < -0.3 is 0 Å². The molecule has 0 atom stereocenters. The van der Waals surface area contributed by atoms with E-state index >= 15 is 0 Å². The summed E-state index contributed by atoms with van der Waals surface area (Å²) in [5, 5.41) is 13.6. The van der Waals surface area contributed by atoms with Crippen molar-refractivity contribution < 1.29 is 0 Å². The molecule has 0 fully saturated rings. The number of rotatable bonds is 6. The fraction of sp³-hybridized carbons (Fsp3) is 0. The molecule has 6 heteroatoms. The molecule has 0 bridgehead atoms. The molecule has 5 rings (SSSR count). The number of hydrogen-bond acceptors (Lipinski definition) is 4. The predicted molar refractivity (Wildman–Crippen MR) is 129 cm³/mol. The van der Waals surface area contributed by atoms with Gasteiger partial charge in [-0.2, -0.15) is 0 Å². The van der Waals surface area contributed by atoms with Crippen molar-refractivity contribution in [3.8, 4) is 5.69 Å². The number of benzene rings is 4.